The van der Waals surface area contributed by atoms with Gasteiger partial charge in [-0.1, -0.05) is 38.5 Å². The van der Waals surface area contributed by atoms with Crippen LogP contribution < -0.4 is 0 Å². The molecule has 0 spiro atoms. The van der Waals surface area contributed by atoms with E-state index in [0.717, 1.165) is 63.9 Å². The number of ether oxygens (including phenoxy) is 2. The molecular weight excluding hydrogens is 520 g/mol. The first-order valence-electron chi connectivity index (χ1n) is 16.2. The molecule has 8 heteroatoms. The predicted octanol–water partition coefficient (Wildman–Crippen LogP) is 6.64. The second-order valence-electron chi connectivity index (χ2n) is 15.2. The Morgan fingerprint density at radius 2 is 1.02 bits per heavy atom. The second-order valence-corrected chi connectivity index (χ2v) is 15.2. The molecule has 232 valence electrons. The Kier molecular flexibility index (Phi) is 10.1. The summed E-state index contributed by atoms with van der Waals surface area (Å²) in [5.41, 5.74) is -1.31. The van der Waals surface area contributed by atoms with Crippen molar-refractivity contribution in [2.45, 2.75) is 135 Å². The van der Waals surface area contributed by atoms with E-state index < -0.39 is 23.4 Å². The van der Waals surface area contributed by atoms with E-state index in [-0.39, 0.29) is 23.9 Å². The van der Waals surface area contributed by atoms with Gasteiger partial charge in [-0.3, -0.25) is 0 Å². The summed E-state index contributed by atoms with van der Waals surface area (Å²) in [4.78, 5) is 55.5. The molecule has 8 nitrogen and oxygen atoms in total. The van der Waals surface area contributed by atoms with Crippen LogP contribution in [-0.2, 0) is 19.1 Å². The Morgan fingerprint density at radius 1 is 0.659 bits per heavy atom. The fraction of sp³-hybridized carbons (Fsp3) is 0.879. The normalized spacial score (nSPS) is 33.3. The minimum absolute atomic E-state index is 0.188. The number of rotatable bonds is 8. The maximum absolute atomic E-state index is 13.6. The molecule has 4 fully saturated rings. The van der Waals surface area contributed by atoms with Crippen LogP contribution in [0.3, 0.4) is 0 Å². The van der Waals surface area contributed by atoms with E-state index in [2.05, 4.69) is 0 Å². The van der Waals surface area contributed by atoms with Gasteiger partial charge in [-0.15, -0.1) is 0 Å². The number of carbonyl (C=O) groups is 4. The Labute approximate surface area is 247 Å². The molecule has 41 heavy (non-hydrogen) atoms. The monoisotopic (exact) mass is 574 g/mol. The van der Waals surface area contributed by atoms with Crippen molar-refractivity contribution in [3.05, 3.63) is 0 Å². The van der Waals surface area contributed by atoms with Gasteiger partial charge in [-0.25, -0.2) is 9.59 Å². The molecule has 4 rings (SSSR count). The zero-order valence-electron chi connectivity index (χ0n) is 26.3. The molecule has 0 aromatic heterocycles. The number of hydrogen-bond acceptors (Lipinski definition) is 6. The first kappa shape index (κ1) is 31.8. The number of nitrogens with zero attached hydrogens (tertiary/aromatic N) is 2. The Bertz CT molecular complexity index is 865. The number of hydrogen-bond donors (Lipinski definition) is 0. The maximum Gasteiger partial charge on any atom is 0.410 e. The number of aldehydes is 2. The predicted molar refractivity (Wildman–Crippen MR) is 157 cm³/mol. The van der Waals surface area contributed by atoms with E-state index in [9.17, 15) is 19.2 Å². The first-order chi connectivity index (χ1) is 19.3. The van der Waals surface area contributed by atoms with Crippen molar-refractivity contribution in [3.8, 4) is 0 Å². The number of amides is 2. The molecule has 0 N–H and O–H groups in total. The van der Waals surface area contributed by atoms with Crippen molar-refractivity contribution >= 4 is 24.8 Å². The highest BCUT2D eigenvalue weighted by Gasteiger charge is 2.49. The van der Waals surface area contributed by atoms with Crippen molar-refractivity contribution < 1.29 is 28.7 Å². The van der Waals surface area contributed by atoms with Gasteiger partial charge < -0.3 is 28.9 Å². The van der Waals surface area contributed by atoms with Gasteiger partial charge in [0, 0.05) is 37.0 Å². The summed E-state index contributed by atoms with van der Waals surface area (Å²) >= 11 is 0. The van der Waals surface area contributed by atoms with E-state index in [1.165, 1.54) is 12.8 Å². The van der Waals surface area contributed by atoms with Crippen LogP contribution in [0, 0.1) is 35.5 Å². The van der Waals surface area contributed by atoms with Crippen LogP contribution in [0.1, 0.15) is 112 Å². The first-order valence-corrected chi connectivity index (χ1v) is 16.2. The molecule has 8 atom stereocenters. The van der Waals surface area contributed by atoms with Crippen LogP contribution in [0.5, 0.6) is 0 Å². The average molecular weight is 575 g/mol. The summed E-state index contributed by atoms with van der Waals surface area (Å²) < 4.78 is 11.7. The minimum atomic E-state index is -0.656. The lowest BCUT2D eigenvalue weighted by atomic mass is 9.78. The third-order valence-corrected chi connectivity index (χ3v) is 10.1. The largest absolute Gasteiger partial charge is 0.444 e. The third kappa shape index (κ3) is 7.64. The van der Waals surface area contributed by atoms with Gasteiger partial charge in [-0.05, 0) is 97.3 Å². The summed E-state index contributed by atoms with van der Waals surface area (Å²) in [7, 11) is 0. The lowest BCUT2D eigenvalue weighted by molar-refractivity contribution is -0.114. The highest BCUT2D eigenvalue weighted by atomic mass is 16.6. The molecule has 4 aliphatic carbocycles. The van der Waals surface area contributed by atoms with Crippen molar-refractivity contribution in [2.75, 3.05) is 13.1 Å². The molecular formula is C33H54N2O6. The highest BCUT2D eigenvalue weighted by Crippen LogP contribution is 2.48. The van der Waals surface area contributed by atoms with E-state index in [1.54, 1.807) is 9.80 Å². The van der Waals surface area contributed by atoms with Crippen LogP contribution >= 0.6 is 0 Å². The summed E-state index contributed by atoms with van der Waals surface area (Å²) in [6.07, 6.45) is 12.4. The van der Waals surface area contributed by atoms with E-state index >= 15 is 0 Å². The molecule has 4 aliphatic rings. The van der Waals surface area contributed by atoms with Crippen molar-refractivity contribution in [3.63, 3.8) is 0 Å². The summed E-state index contributed by atoms with van der Waals surface area (Å²) in [6, 6.07) is -0.384. The van der Waals surface area contributed by atoms with E-state index in [4.69, 9.17) is 9.47 Å². The quantitative estimate of drug-likeness (QED) is 0.302. The summed E-state index contributed by atoms with van der Waals surface area (Å²) in [5, 5.41) is 0. The molecule has 0 unspecified atom stereocenters. The van der Waals surface area contributed by atoms with Crippen LogP contribution in [0.15, 0.2) is 0 Å². The van der Waals surface area contributed by atoms with Gasteiger partial charge in [-0.2, -0.15) is 0 Å². The van der Waals surface area contributed by atoms with Gasteiger partial charge in [0.1, 0.15) is 23.8 Å². The highest BCUT2D eigenvalue weighted by molar-refractivity contribution is 5.71. The number of carbonyl (C=O) groups excluding carboxylic acids is 4. The van der Waals surface area contributed by atoms with Gasteiger partial charge in [0.2, 0.25) is 0 Å². The molecule has 0 aliphatic heterocycles. The topological polar surface area (TPSA) is 93.2 Å². The fourth-order valence-electron chi connectivity index (χ4n) is 8.47. The van der Waals surface area contributed by atoms with Gasteiger partial charge in [0.15, 0.2) is 0 Å². The van der Waals surface area contributed by atoms with E-state index in [1.807, 2.05) is 41.5 Å². The number of fused-ring (bicyclic) bond motifs is 2. The van der Waals surface area contributed by atoms with Gasteiger partial charge in [0.25, 0.3) is 0 Å². The fourth-order valence-corrected chi connectivity index (χ4v) is 8.47. The lowest BCUT2D eigenvalue weighted by Gasteiger charge is -2.36. The molecule has 0 saturated heterocycles. The Morgan fingerprint density at radius 3 is 1.37 bits per heavy atom. The molecule has 0 radical (unpaired) electrons. The smallest absolute Gasteiger partial charge is 0.410 e. The maximum atomic E-state index is 13.6. The van der Waals surface area contributed by atoms with Crippen LogP contribution in [-0.4, -0.2) is 70.9 Å². The standard InChI is InChI=1S/C33H54N2O6/c1-32(2,3)40-30(38)34(28-18-22-12-7-9-14-24(22)26(28)20-36)16-11-17-35(31(39)41-33(4,5)6)29-19-23-13-8-10-15-25(23)27(29)21-37/h20-29H,7-19H2,1-6H3/t22-,23-,24+,25+,26-,27-,28+,29+/m0/s1. The summed E-state index contributed by atoms with van der Waals surface area (Å²) in [6.45, 7) is 11.9. The Balaban J connectivity index is 1.53. The van der Waals surface area contributed by atoms with Crippen molar-refractivity contribution in [2.24, 2.45) is 35.5 Å². The molecule has 2 amide bonds. The van der Waals surface area contributed by atoms with Crippen molar-refractivity contribution in [1.82, 2.24) is 9.80 Å². The zero-order chi connectivity index (χ0) is 29.9. The third-order valence-electron chi connectivity index (χ3n) is 10.1. The average Bonchev–Trinajstić information content (AvgIpc) is 3.44. The summed E-state index contributed by atoms with van der Waals surface area (Å²) in [5.74, 6) is 1.19. The zero-order valence-corrected chi connectivity index (χ0v) is 26.3. The van der Waals surface area contributed by atoms with Crippen LogP contribution in [0.2, 0.25) is 0 Å². The minimum Gasteiger partial charge on any atom is -0.444 e. The lowest BCUT2D eigenvalue weighted by Crippen LogP contribution is -2.49. The van der Waals surface area contributed by atoms with Crippen molar-refractivity contribution in [1.29, 1.82) is 0 Å². The molecule has 4 saturated carbocycles. The van der Waals surface area contributed by atoms with Gasteiger partial charge in [0.05, 0.1) is 0 Å². The van der Waals surface area contributed by atoms with Crippen LogP contribution in [0.4, 0.5) is 9.59 Å². The van der Waals surface area contributed by atoms with E-state index in [0.29, 0.717) is 43.2 Å². The molecule has 0 aromatic carbocycles. The Hall–Kier alpha value is -2.12. The van der Waals surface area contributed by atoms with Gasteiger partial charge >= 0.3 is 12.2 Å². The second kappa shape index (κ2) is 13.0. The van der Waals surface area contributed by atoms with Crippen LogP contribution in [0.25, 0.3) is 0 Å². The SMILES string of the molecule is CC(C)(C)OC(=O)N(CCCN(C(=O)OC(C)(C)C)[C@@H]1C[C@@H]2CCCC[C@H]2[C@@H]1C=O)[C@@H]1C[C@@H]2CCCC[C@H]2[C@@H]1C=O. The molecule has 0 heterocycles. The molecule has 0 aromatic rings. The molecule has 0 bridgehead atoms.